The van der Waals surface area contributed by atoms with Crippen molar-refractivity contribution in [1.29, 1.82) is 0 Å². The molecular weight excluding hydrogens is 471 g/mol. The van der Waals surface area contributed by atoms with Gasteiger partial charge in [-0.1, -0.05) is 0 Å². The van der Waals surface area contributed by atoms with E-state index in [9.17, 15) is 13.2 Å². The normalized spacial score (nSPS) is 12.3. The van der Waals surface area contributed by atoms with Crippen LogP contribution in [0.2, 0.25) is 0 Å². The molecule has 0 radical (unpaired) electrons. The van der Waals surface area contributed by atoms with Crippen LogP contribution in [-0.4, -0.2) is 34.6 Å². The number of halogens is 1. The van der Waals surface area contributed by atoms with Gasteiger partial charge < -0.3 is 14.8 Å². The molecular formula is C17H19IN2O5S. The van der Waals surface area contributed by atoms with Gasteiger partial charge in [-0.25, -0.2) is 8.42 Å². The average molecular weight is 490 g/mol. The second-order valence-corrected chi connectivity index (χ2v) is 8.32. The molecule has 0 spiro atoms. The second kappa shape index (κ2) is 8.69. The number of hydrogen-bond acceptors (Lipinski definition) is 5. The average Bonchev–Trinajstić information content (AvgIpc) is 2.62. The van der Waals surface area contributed by atoms with Crippen LogP contribution in [0.15, 0.2) is 47.4 Å². The van der Waals surface area contributed by atoms with Crippen molar-refractivity contribution in [1.82, 2.24) is 4.72 Å². The molecule has 0 aliphatic heterocycles. The molecule has 2 aromatic carbocycles. The Labute approximate surface area is 166 Å². The lowest BCUT2D eigenvalue weighted by Crippen LogP contribution is -2.41. The molecule has 0 aromatic heterocycles. The van der Waals surface area contributed by atoms with Crippen LogP contribution in [0, 0.1) is 3.57 Å². The summed E-state index contributed by atoms with van der Waals surface area (Å²) in [6, 6.07) is 10.4. The van der Waals surface area contributed by atoms with Gasteiger partial charge in [0.05, 0.1) is 25.2 Å². The number of nitrogens with one attached hydrogen (secondary N) is 2. The predicted molar refractivity (Wildman–Crippen MR) is 107 cm³/mol. The molecule has 2 N–H and O–H groups in total. The number of carbonyl (C=O) groups excluding carboxylic acids is 1. The summed E-state index contributed by atoms with van der Waals surface area (Å²) in [5, 5.41) is 2.67. The number of amides is 1. The molecule has 7 nitrogen and oxygen atoms in total. The highest BCUT2D eigenvalue weighted by Gasteiger charge is 2.23. The quantitative estimate of drug-likeness (QED) is 0.583. The van der Waals surface area contributed by atoms with E-state index in [4.69, 9.17) is 9.47 Å². The van der Waals surface area contributed by atoms with Gasteiger partial charge in [-0.05, 0) is 65.9 Å². The van der Waals surface area contributed by atoms with Gasteiger partial charge in [-0.15, -0.1) is 0 Å². The van der Waals surface area contributed by atoms with E-state index in [0.717, 1.165) is 3.57 Å². The first-order chi connectivity index (χ1) is 12.3. The molecule has 9 heteroatoms. The minimum atomic E-state index is -3.91. The van der Waals surface area contributed by atoms with Gasteiger partial charge in [0.1, 0.15) is 0 Å². The van der Waals surface area contributed by atoms with E-state index in [0.29, 0.717) is 11.4 Å². The molecule has 0 aliphatic carbocycles. The maximum atomic E-state index is 12.5. The largest absolute Gasteiger partial charge is 0.493 e. The van der Waals surface area contributed by atoms with Crippen molar-refractivity contribution in [2.24, 2.45) is 0 Å². The molecule has 1 amide bonds. The fourth-order valence-electron chi connectivity index (χ4n) is 2.12. The number of hydrogen-bond donors (Lipinski definition) is 2. The Morgan fingerprint density at radius 3 is 2.23 bits per heavy atom. The fourth-order valence-corrected chi connectivity index (χ4v) is 3.70. The molecule has 0 unspecified atom stereocenters. The van der Waals surface area contributed by atoms with Crippen LogP contribution in [0.1, 0.15) is 6.92 Å². The van der Waals surface area contributed by atoms with Crippen molar-refractivity contribution < 1.29 is 22.7 Å². The Hall–Kier alpha value is -1.85. The summed E-state index contributed by atoms with van der Waals surface area (Å²) in [6.45, 7) is 1.47. The lowest BCUT2D eigenvalue weighted by atomic mass is 10.3. The van der Waals surface area contributed by atoms with Gasteiger partial charge in [-0.3, -0.25) is 4.79 Å². The van der Waals surface area contributed by atoms with Crippen LogP contribution >= 0.6 is 22.6 Å². The lowest BCUT2D eigenvalue weighted by Gasteiger charge is -2.15. The number of ether oxygens (including phenoxy) is 2. The summed E-state index contributed by atoms with van der Waals surface area (Å²) >= 11 is 2.15. The van der Waals surface area contributed by atoms with E-state index in [1.54, 1.807) is 12.1 Å². The molecule has 0 saturated heterocycles. The standard InChI is InChI=1S/C17H19IN2O5S/c1-11(17(21)19-13-6-4-12(18)5-7-13)20-26(22,23)14-8-9-15(24-2)16(10-14)25-3/h4-11,20H,1-3H3,(H,19,21)/t11-/m1/s1. The molecule has 1 atom stereocenters. The van der Waals surface area contributed by atoms with Gasteiger partial charge in [-0.2, -0.15) is 4.72 Å². The molecule has 0 heterocycles. The first-order valence-electron chi connectivity index (χ1n) is 7.57. The van der Waals surface area contributed by atoms with E-state index in [1.165, 1.54) is 39.3 Å². The van der Waals surface area contributed by atoms with Gasteiger partial charge >= 0.3 is 0 Å². The lowest BCUT2D eigenvalue weighted by molar-refractivity contribution is -0.117. The van der Waals surface area contributed by atoms with Gasteiger partial charge in [0.2, 0.25) is 15.9 Å². The molecule has 0 bridgehead atoms. The van der Waals surface area contributed by atoms with E-state index in [2.05, 4.69) is 32.6 Å². The zero-order chi connectivity index (χ0) is 19.3. The van der Waals surface area contributed by atoms with Gasteiger partial charge in [0, 0.05) is 15.3 Å². The molecule has 2 rings (SSSR count). The van der Waals surface area contributed by atoms with E-state index in [-0.39, 0.29) is 10.6 Å². The van der Waals surface area contributed by atoms with Crippen LogP contribution in [0.5, 0.6) is 11.5 Å². The summed E-state index contributed by atoms with van der Waals surface area (Å²) < 4.78 is 38.6. The Morgan fingerprint density at radius 2 is 1.65 bits per heavy atom. The highest BCUT2D eigenvalue weighted by molar-refractivity contribution is 14.1. The minimum Gasteiger partial charge on any atom is -0.493 e. The Kier molecular flexibility index (Phi) is 6.84. The molecule has 0 saturated carbocycles. The Bertz CT molecular complexity index is 885. The Morgan fingerprint density at radius 1 is 1.04 bits per heavy atom. The van der Waals surface area contributed by atoms with E-state index >= 15 is 0 Å². The fraction of sp³-hybridized carbons (Fsp3) is 0.235. The topological polar surface area (TPSA) is 93.7 Å². The van der Waals surface area contributed by atoms with Crippen molar-refractivity contribution in [3.8, 4) is 11.5 Å². The maximum absolute atomic E-state index is 12.5. The van der Waals surface area contributed by atoms with Crippen molar-refractivity contribution >= 4 is 44.2 Å². The number of anilines is 1. The van der Waals surface area contributed by atoms with E-state index < -0.39 is 22.0 Å². The van der Waals surface area contributed by atoms with Crippen molar-refractivity contribution in [2.75, 3.05) is 19.5 Å². The van der Waals surface area contributed by atoms with Crippen molar-refractivity contribution in [2.45, 2.75) is 17.9 Å². The van der Waals surface area contributed by atoms with Crippen LogP contribution in [-0.2, 0) is 14.8 Å². The van der Waals surface area contributed by atoms with Crippen LogP contribution in [0.3, 0.4) is 0 Å². The third-order valence-electron chi connectivity index (χ3n) is 3.50. The first kappa shape index (κ1) is 20.5. The summed E-state index contributed by atoms with van der Waals surface area (Å²) in [5.74, 6) is 0.234. The zero-order valence-electron chi connectivity index (χ0n) is 14.4. The number of sulfonamides is 1. The second-order valence-electron chi connectivity index (χ2n) is 5.36. The van der Waals surface area contributed by atoms with Crippen LogP contribution in [0.4, 0.5) is 5.69 Å². The molecule has 0 fully saturated rings. The molecule has 0 aliphatic rings. The zero-order valence-corrected chi connectivity index (χ0v) is 17.4. The van der Waals surface area contributed by atoms with Gasteiger partial charge in [0.15, 0.2) is 11.5 Å². The molecule has 26 heavy (non-hydrogen) atoms. The maximum Gasteiger partial charge on any atom is 0.242 e. The SMILES string of the molecule is COc1ccc(S(=O)(=O)N[C@H](C)C(=O)Nc2ccc(I)cc2)cc1OC. The number of benzene rings is 2. The summed E-state index contributed by atoms with van der Waals surface area (Å²) in [4.78, 5) is 12.2. The van der Waals surface area contributed by atoms with E-state index in [1.807, 2.05) is 12.1 Å². The first-order valence-corrected chi connectivity index (χ1v) is 10.1. The third kappa shape index (κ3) is 5.08. The minimum absolute atomic E-state index is 0.0240. The number of rotatable bonds is 7. The predicted octanol–water partition coefficient (Wildman–Crippen LogP) is 2.61. The smallest absolute Gasteiger partial charge is 0.242 e. The summed E-state index contributed by atoms with van der Waals surface area (Å²) in [5.41, 5.74) is 0.590. The van der Waals surface area contributed by atoms with Crippen molar-refractivity contribution in [3.63, 3.8) is 0 Å². The highest BCUT2D eigenvalue weighted by atomic mass is 127. The number of methoxy groups -OCH3 is 2. The molecule has 2 aromatic rings. The number of carbonyl (C=O) groups is 1. The van der Waals surface area contributed by atoms with Crippen LogP contribution in [0.25, 0.3) is 0 Å². The third-order valence-corrected chi connectivity index (χ3v) is 5.76. The van der Waals surface area contributed by atoms with Gasteiger partial charge in [0.25, 0.3) is 0 Å². The van der Waals surface area contributed by atoms with Crippen molar-refractivity contribution in [3.05, 3.63) is 46.0 Å². The van der Waals surface area contributed by atoms with Crippen LogP contribution < -0.4 is 19.5 Å². The summed E-state index contributed by atoms with van der Waals surface area (Å²) in [6.07, 6.45) is 0. The highest BCUT2D eigenvalue weighted by Crippen LogP contribution is 2.29. The Balaban J connectivity index is 2.12. The monoisotopic (exact) mass is 490 g/mol. The molecule has 140 valence electrons. The summed E-state index contributed by atoms with van der Waals surface area (Å²) in [7, 11) is -1.03.